The highest BCUT2D eigenvalue weighted by molar-refractivity contribution is 5.91. The highest BCUT2D eigenvalue weighted by Gasteiger charge is 2.51. The van der Waals surface area contributed by atoms with Crippen molar-refractivity contribution in [2.24, 2.45) is 5.92 Å². The molecule has 1 amide bonds. The van der Waals surface area contributed by atoms with E-state index in [2.05, 4.69) is 10.4 Å². The third-order valence-corrected chi connectivity index (χ3v) is 6.93. The Morgan fingerprint density at radius 1 is 1.19 bits per heavy atom. The normalized spacial score (nSPS) is 19.2. The van der Waals surface area contributed by atoms with E-state index in [1.165, 1.54) is 4.52 Å². The molecular formula is C25H30N4O3. The molecule has 1 aromatic carbocycles. The van der Waals surface area contributed by atoms with Gasteiger partial charge in [-0.1, -0.05) is 44.2 Å². The van der Waals surface area contributed by atoms with Crippen LogP contribution >= 0.6 is 0 Å². The van der Waals surface area contributed by atoms with E-state index < -0.39 is 5.41 Å². The summed E-state index contributed by atoms with van der Waals surface area (Å²) in [5.41, 5.74) is 2.65. The summed E-state index contributed by atoms with van der Waals surface area (Å²) in [6.07, 6.45) is 3.55. The van der Waals surface area contributed by atoms with Crippen LogP contribution in [0.2, 0.25) is 0 Å². The van der Waals surface area contributed by atoms with Gasteiger partial charge in [0.15, 0.2) is 5.65 Å². The lowest BCUT2D eigenvalue weighted by molar-refractivity contribution is -0.124. The zero-order chi connectivity index (χ0) is 22.3. The van der Waals surface area contributed by atoms with Gasteiger partial charge in [0, 0.05) is 37.0 Å². The molecule has 1 atom stereocenters. The molecule has 1 aliphatic carbocycles. The van der Waals surface area contributed by atoms with Crippen molar-refractivity contribution in [3.63, 3.8) is 0 Å². The van der Waals surface area contributed by atoms with Crippen LogP contribution in [-0.2, 0) is 14.9 Å². The molecule has 1 saturated carbocycles. The zero-order valence-electron chi connectivity index (χ0n) is 18.6. The molecule has 1 saturated heterocycles. The lowest BCUT2D eigenvalue weighted by atomic mass is 9.93. The van der Waals surface area contributed by atoms with Crippen molar-refractivity contribution < 1.29 is 9.53 Å². The van der Waals surface area contributed by atoms with Crippen molar-refractivity contribution in [1.82, 2.24) is 19.9 Å². The van der Waals surface area contributed by atoms with E-state index >= 15 is 0 Å². The number of carbonyl (C=O) groups excluding carboxylic acids is 1. The first kappa shape index (κ1) is 20.9. The summed E-state index contributed by atoms with van der Waals surface area (Å²) < 4.78 is 6.96. The van der Waals surface area contributed by atoms with Gasteiger partial charge in [0.05, 0.1) is 17.2 Å². The molecule has 2 aromatic heterocycles. The van der Waals surface area contributed by atoms with Crippen molar-refractivity contribution in [1.29, 1.82) is 0 Å². The van der Waals surface area contributed by atoms with E-state index in [4.69, 9.17) is 9.72 Å². The molecule has 0 unspecified atom stereocenters. The van der Waals surface area contributed by atoms with Crippen molar-refractivity contribution in [3.8, 4) is 0 Å². The van der Waals surface area contributed by atoms with Crippen LogP contribution in [0.15, 0.2) is 47.3 Å². The second kappa shape index (κ2) is 8.20. The Kier molecular flexibility index (Phi) is 5.37. The quantitative estimate of drug-likeness (QED) is 0.622. The maximum atomic E-state index is 13.3. The van der Waals surface area contributed by atoms with Gasteiger partial charge in [0.2, 0.25) is 5.91 Å². The van der Waals surface area contributed by atoms with Crippen LogP contribution < -0.4 is 10.9 Å². The predicted molar refractivity (Wildman–Crippen MR) is 122 cm³/mol. The zero-order valence-corrected chi connectivity index (χ0v) is 18.6. The molecule has 2 fully saturated rings. The highest BCUT2D eigenvalue weighted by atomic mass is 16.5. The first-order valence-corrected chi connectivity index (χ1v) is 11.5. The number of aromatic amines is 1. The number of rotatable bonds is 6. The molecule has 3 heterocycles. The molecule has 7 heteroatoms. The van der Waals surface area contributed by atoms with Gasteiger partial charge in [-0.05, 0) is 37.2 Å². The van der Waals surface area contributed by atoms with E-state index in [1.807, 2.05) is 50.2 Å². The maximum Gasteiger partial charge on any atom is 0.272 e. The summed E-state index contributed by atoms with van der Waals surface area (Å²) in [5, 5.41) is 6.44. The minimum absolute atomic E-state index is 0.0152. The minimum atomic E-state index is -0.460. The van der Waals surface area contributed by atoms with E-state index in [9.17, 15) is 9.59 Å². The number of amides is 1. The summed E-state index contributed by atoms with van der Waals surface area (Å²) >= 11 is 0. The summed E-state index contributed by atoms with van der Waals surface area (Å²) in [6.45, 7) is 5.55. The molecule has 168 valence electrons. The van der Waals surface area contributed by atoms with Gasteiger partial charge in [0.25, 0.3) is 5.56 Å². The average molecular weight is 435 g/mol. The number of hydrogen-bond donors (Lipinski definition) is 2. The van der Waals surface area contributed by atoms with Crippen LogP contribution in [0.3, 0.4) is 0 Å². The van der Waals surface area contributed by atoms with Gasteiger partial charge in [-0.15, -0.1) is 0 Å². The maximum absolute atomic E-state index is 13.3. The van der Waals surface area contributed by atoms with Crippen LogP contribution in [0.5, 0.6) is 0 Å². The number of nitrogens with one attached hydrogen (secondary N) is 2. The number of aromatic nitrogens is 3. The Morgan fingerprint density at radius 3 is 2.56 bits per heavy atom. The number of hydrogen-bond acceptors (Lipinski definition) is 4. The van der Waals surface area contributed by atoms with Crippen molar-refractivity contribution in [2.75, 3.05) is 13.2 Å². The number of carbonyl (C=O) groups is 1. The van der Waals surface area contributed by atoms with E-state index in [-0.39, 0.29) is 23.4 Å². The highest BCUT2D eigenvalue weighted by Crippen LogP contribution is 2.48. The number of benzene rings is 1. The predicted octanol–water partition coefficient (Wildman–Crippen LogP) is 3.46. The van der Waals surface area contributed by atoms with Crippen LogP contribution in [0.25, 0.3) is 5.65 Å². The third kappa shape index (κ3) is 3.75. The monoisotopic (exact) mass is 434 g/mol. The number of nitrogens with zero attached hydrogens (tertiary/aromatic N) is 2. The van der Waals surface area contributed by atoms with Crippen molar-refractivity contribution in [3.05, 3.63) is 69.8 Å². The van der Waals surface area contributed by atoms with E-state index in [0.717, 1.165) is 50.2 Å². The van der Waals surface area contributed by atoms with Crippen molar-refractivity contribution in [2.45, 2.75) is 56.9 Å². The molecule has 1 aliphatic heterocycles. The molecule has 7 nitrogen and oxygen atoms in total. The average Bonchev–Trinajstić information content (AvgIpc) is 3.51. The molecule has 3 aromatic rings. The van der Waals surface area contributed by atoms with Crippen LogP contribution in [-0.4, -0.2) is 33.7 Å². The smallest absolute Gasteiger partial charge is 0.272 e. The fraction of sp³-hybridized carbons (Fsp3) is 0.480. The van der Waals surface area contributed by atoms with Gasteiger partial charge in [-0.3, -0.25) is 14.7 Å². The molecule has 32 heavy (non-hydrogen) atoms. The molecular weight excluding hydrogens is 404 g/mol. The Bertz CT molecular complexity index is 1170. The molecule has 2 aliphatic rings. The molecule has 0 bridgehead atoms. The third-order valence-electron chi connectivity index (χ3n) is 6.93. The largest absolute Gasteiger partial charge is 0.381 e. The standard InChI is InChI=1S/C25H30N4O3/c1-16(2)23(27-24(31)25(10-11-25)18-6-4-3-5-7-18)20-15-22(30)29-21(26-20)14-19(28-29)17-8-12-32-13-9-17/h3-7,14-17,23,28H,8-13H2,1-2H3,(H,27,31)/t23-/m0/s1. The Morgan fingerprint density at radius 2 is 1.91 bits per heavy atom. The van der Waals surface area contributed by atoms with Gasteiger partial charge in [-0.25, -0.2) is 9.50 Å². The first-order valence-electron chi connectivity index (χ1n) is 11.5. The molecule has 2 N–H and O–H groups in total. The van der Waals surface area contributed by atoms with E-state index in [1.54, 1.807) is 6.07 Å². The second-order valence-corrected chi connectivity index (χ2v) is 9.45. The molecule has 0 radical (unpaired) electrons. The lowest BCUT2D eigenvalue weighted by Crippen LogP contribution is -2.40. The Balaban J connectivity index is 1.44. The van der Waals surface area contributed by atoms with Crippen LogP contribution in [0.4, 0.5) is 0 Å². The molecule has 0 spiro atoms. The van der Waals surface area contributed by atoms with Gasteiger partial charge in [-0.2, -0.15) is 0 Å². The first-order chi connectivity index (χ1) is 15.5. The van der Waals surface area contributed by atoms with Gasteiger partial charge >= 0.3 is 0 Å². The number of ether oxygens (including phenoxy) is 1. The topological polar surface area (TPSA) is 88.5 Å². The van der Waals surface area contributed by atoms with Gasteiger partial charge < -0.3 is 10.1 Å². The Hall–Kier alpha value is -2.93. The summed E-state index contributed by atoms with van der Waals surface area (Å²) in [6, 6.07) is 13.1. The minimum Gasteiger partial charge on any atom is -0.381 e. The summed E-state index contributed by atoms with van der Waals surface area (Å²) in [5.74, 6) is 0.449. The number of H-pyrrole nitrogens is 1. The second-order valence-electron chi connectivity index (χ2n) is 9.45. The summed E-state index contributed by atoms with van der Waals surface area (Å²) in [7, 11) is 0. The fourth-order valence-corrected chi connectivity index (χ4v) is 4.80. The van der Waals surface area contributed by atoms with Crippen LogP contribution in [0, 0.1) is 5.92 Å². The lowest BCUT2D eigenvalue weighted by Gasteiger charge is -2.25. The number of fused-ring (bicyclic) bond motifs is 1. The van der Waals surface area contributed by atoms with Crippen LogP contribution in [0.1, 0.15) is 68.4 Å². The molecule has 5 rings (SSSR count). The fourth-order valence-electron chi connectivity index (χ4n) is 4.80. The SMILES string of the molecule is CC(C)[C@H](NC(=O)C1(c2ccccc2)CC1)c1cc(=O)n2[nH]c(C3CCOCC3)cc2n1. The summed E-state index contributed by atoms with van der Waals surface area (Å²) in [4.78, 5) is 31.0. The van der Waals surface area contributed by atoms with Gasteiger partial charge in [0.1, 0.15) is 0 Å². The van der Waals surface area contributed by atoms with E-state index in [0.29, 0.717) is 17.3 Å². The van der Waals surface area contributed by atoms with Crippen molar-refractivity contribution >= 4 is 11.6 Å². The Labute approximate surface area is 187 Å².